The van der Waals surface area contributed by atoms with Crippen molar-refractivity contribution in [1.82, 2.24) is 0 Å². The molecule has 0 aliphatic carbocycles. The third kappa shape index (κ3) is 3.83. The third-order valence-electron chi connectivity index (χ3n) is 3.64. The number of benzene rings is 2. The zero-order valence-electron chi connectivity index (χ0n) is 12.9. The second-order valence-corrected chi connectivity index (χ2v) is 6.39. The molecule has 0 radical (unpaired) electrons. The first-order valence-corrected chi connectivity index (χ1v) is 8.00. The van der Waals surface area contributed by atoms with Gasteiger partial charge in [-0.05, 0) is 36.2 Å². The first kappa shape index (κ1) is 16.4. The molecule has 0 spiro atoms. The van der Waals surface area contributed by atoms with E-state index in [-0.39, 0.29) is 5.25 Å². The van der Waals surface area contributed by atoms with Crippen LogP contribution in [0.2, 0.25) is 0 Å². The number of aliphatic carboxylic acids is 1. The number of carbonyl (C=O) groups is 1. The number of ether oxygens (including phenoxy) is 1. The van der Waals surface area contributed by atoms with Crippen molar-refractivity contribution in [1.29, 1.82) is 0 Å². The number of aryl methyl sites for hydroxylation is 1. The van der Waals surface area contributed by atoms with Gasteiger partial charge in [-0.15, -0.1) is 11.8 Å². The highest BCUT2D eigenvalue weighted by atomic mass is 32.2. The van der Waals surface area contributed by atoms with Gasteiger partial charge in [0.1, 0.15) is 5.75 Å². The lowest BCUT2D eigenvalue weighted by molar-refractivity contribution is -0.141. The molecule has 2 rings (SSSR count). The minimum atomic E-state index is -0.790. The van der Waals surface area contributed by atoms with Crippen LogP contribution in [0.1, 0.15) is 23.3 Å². The Labute approximate surface area is 135 Å². The Hall–Kier alpha value is -1.94. The number of carboxylic acids is 1. The van der Waals surface area contributed by atoms with Crippen molar-refractivity contribution >= 4 is 17.7 Å². The summed E-state index contributed by atoms with van der Waals surface area (Å²) in [6.45, 7) is 3.79. The van der Waals surface area contributed by atoms with Gasteiger partial charge in [-0.2, -0.15) is 0 Å². The summed E-state index contributed by atoms with van der Waals surface area (Å²) in [5.41, 5.74) is 2.15. The topological polar surface area (TPSA) is 46.5 Å². The van der Waals surface area contributed by atoms with Gasteiger partial charge in [0.15, 0.2) is 0 Å². The van der Waals surface area contributed by atoms with Crippen LogP contribution >= 0.6 is 11.8 Å². The zero-order chi connectivity index (χ0) is 16.1. The van der Waals surface area contributed by atoms with Crippen LogP contribution in [0.15, 0.2) is 53.4 Å². The van der Waals surface area contributed by atoms with Crippen LogP contribution in [0.4, 0.5) is 0 Å². The lowest BCUT2D eigenvalue weighted by Crippen LogP contribution is -2.17. The molecule has 0 unspecified atom stereocenters. The predicted octanol–water partition coefficient (Wildman–Crippen LogP) is 4.56. The fourth-order valence-electron chi connectivity index (χ4n) is 2.21. The van der Waals surface area contributed by atoms with Gasteiger partial charge in [0.05, 0.1) is 13.0 Å². The van der Waals surface area contributed by atoms with Crippen LogP contribution in [-0.4, -0.2) is 18.2 Å². The highest BCUT2D eigenvalue weighted by molar-refractivity contribution is 7.99. The van der Waals surface area contributed by atoms with Crippen LogP contribution in [-0.2, 0) is 4.79 Å². The normalized spacial score (nSPS) is 13.4. The Balaban J connectivity index is 2.33. The molecule has 22 heavy (non-hydrogen) atoms. The van der Waals surface area contributed by atoms with E-state index in [1.165, 1.54) is 0 Å². The van der Waals surface area contributed by atoms with E-state index in [1.807, 2.05) is 55.5 Å². The smallest absolute Gasteiger partial charge is 0.307 e. The Kier molecular flexibility index (Phi) is 5.50. The maximum atomic E-state index is 11.5. The molecule has 0 aliphatic rings. The van der Waals surface area contributed by atoms with Gasteiger partial charge in [0, 0.05) is 10.1 Å². The Morgan fingerprint density at radius 3 is 2.32 bits per heavy atom. The summed E-state index contributed by atoms with van der Waals surface area (Å²) >= 11 is 1.60. The van der Waals surface area contributed by atoms with Crippen molar-refractivity contribution in [2.75, 3.05) is 7.11 Å². The van der Waals surface area contributed by atoms with Gasteiger partial charge in [-0.1, -0.05) is 37.3 Å². The van der Waals surface area contributed by atoms with E-state index in [0.29, 0.717) is 0 Å². The average molecular weight is 316 g/mol. The quantitative estimate of drug-likeness (QED) is 0.794. The summed E-state index contributed by atoms with van der Waals surface area (Å²) in [6, 6.07) is 15.7. The van der Waals surface area contributed by atoms with Crippen LogP contribution in [0, 0.1) is 12.8 Å². The molecule has 116 valence electrons. The van der Waals surface area contributed by atoms with Crippen molar-refractivity contribution in [3.63, 3.8) is 0 Å². The molecule has 0 saturated carbocycles. The molecule has 2 aromatic rings. The maximum absolute atomic E-state index is 11.5. The Morgan fingerprint density at radius 2 is 1.77 bits per heavy atom. The summed E-state index contributed by atoms with van der Waals surface area (Å²) in [6.07, 6.45) is 0. The first-order valence-electron chi connectivity index (χ1n) is 7.12. The van der Waals surface area contributed by atoms with E-state index in [2.05, 4.69) is 0 Å². The Bertz CT molecular complexity index is 637. The lowest BCUT2D eigenvalue weighted by atomic mass is 10.0. The first-order chi connectivity index (χ1) is 10.5. The molecule has 0 heterocycles. The predicted molar refractivity (Wildman–Crippen MR) is 89.6 cm³/mol. The molecular weight excluding hydrogens is 296 g/mol. The standard InChI is InChI=1S/C18H20O3S/c1-12-6-4-5-7-16(12)22-17(13(2)18(19)20)14-8-10-15(21-3)11-9-14/h4-11,13,17H,1-3H3,(H,19,20)/t13-,17-/m1/s1. The van der Waals surface area contributed by atoms with Crippen molar-refractivity contribution < 1.29 is 14.6 Å². The van der Waals surface area contributed by atoms with Crippen LogP contribution in [0.5, 0.6) is 5.75 Å². The van der Waals surface area contributed by atoms with E-state index in [1.54, 1.807) is 25.8 Å². The zero-order valence-corrected chi connectivity index (χ0v) is 13.8. The van der Waals surface area contributed by atoms with E-state index in [0.717, 1.165) is 21.8 Å². The third-order valence-corrected chi connectivity index (χ3v) is 5.28. The van der Waals surface area contributed by atoms with E-state index >= 15 is 0 Å². The molecule has 0 amide bonds. The summed E-state index contributed by atoms with van der Waals surface area (Å²) in [7, 11) is 1.62. The molecule has 0 aliphatic heterocycles. The van der Waals surface area contributed by atoms with Gasteiger partial charge in [-0.3, -0.25) is 4.79 Å². The lowest BCUT2D eigenvalue weighted by Gasteiger charge is -2.22. The molecule has 0 aromatic heterocycles. The Morgan fingerprint density at radius 1 is 1.14 bits per heavy atom. The van der Waals surface area contributed by atoms with Gasteiger partial charge >= 0.3 is 5.97 Å². The highest BCUT2D eigenvalue weighted by Gasteiger charge is 2.26. The van der Waals surface area contributed by atoms with Crippen molar-refractivity contribution in [3.05, 3.63) is 59.7 Å². The fraction of sp³-hybridized carbons (Fsp3) is 0.278. The largest absolute Gasteiger partial charge is 0.497 e. The summed E-state index contributed by atoms with van der Waals surface area (Å²) in [5, 5.41) is 9.28. The number of carboxylic acid groups (broad SMARTS) is 1. The molecule has 0 saturated heterocycles. The van der Waals surface area contributed by atoms with E-state index < -0.39 is 11.9 Å². The average Bonchev–Trinajstić information content (AvgIpc) is 2.53. The second-order valence-electron chi connectivity index (χ2n) is 5.20. The van der Waals surface area contributed by atoms with Crippen molar-refractivity contribution in [3.8, 4) is 5.75 Å². The number of hydrogen-bond donors (Lipinski definition) is 1. The summed E-state index contributed by atoms with van der Waals surface area (Å²) in [4.78, 5) is 12.6. The minimum Gasteiger partial charge on any atom is -0.497 e. The van der Waals surface area contributed by atoms with Gasteiger partial charge < -0.3 is 9.84 Å². The van der Waals surface area contributed by atoms with Crippen LogP contribution in [0.25, 0.3) is 0 Å². The maximum Gasteiger partial charge on any atom is 0.307 e. The number of thioether (sulfide) groups is 1. The molecular formula is C18H20O3S. The number of methoxy groups -OCH3 is 1. The summed E-state index contributed by atoms with van der Waals surface area (Å²) in [5.74, 6) is -0.508. The number of hydrogen-bond acceptors (Lipinski definition) is 3. The second kappa shape index (κ2) is 7.36. The van der Waals surface area contributed by atoms with Crippen LogP contribution in [0.3, 0.4) is 0 Å². The van der Waals surface area contributed by atoms with Gasteiger partial charge in [0.25, 0.3) is 0 Å². The molecule has 0 bridgehead atoms. The molecule has 3 nitrogen and oxygen atoms in total. The molecule has 0 fully saturated rings. The SMILES string of the molecule is COc1ccc([C@H](Sc2ccccc2C)[C@@H](C)C(=O)O)cc1. The van der Waals surface area contributed by atoms with Crippen molar-refractivity contribution in [2.45, 2.75) is 24.0 Å². The molecule has 2 atom stereocenters. The van der Waals surface area contributed by atoms with Crippen molar-refractivity contribution in [2.24, 2.45) is 5.92 Å². The molecule has 2 aromatic carbocycles. The molecule has 4 heteroatoms. The highest BCUT2D eigenvalue weighted by Crippen LogP contribution is 2.42. The molecule has 1 N–H and O–H groups in total. The summed E-state index contributed by atoms with van der Waals surface area (Å²) < 4.78 is 5.17. The van der Waals surface area contributed by atoms with E-state index in [4.69, 9.17) is 4.74 Å². The number of rotatable bonds is 6. The monoisotopic (exact) mass is 316 g/mol. The van der Waals surface area contributed by atoms with Gasteiger partial charge in [0.2, 0.25) is 0 Å². The van der Waals surface area contributed by atoms with E-state index in [9.17, 15) is 9.90 Å². The van der Waals surface area contributed by atoms with Gasteiger partial charge in [-0.25, -0.2) is 0 Å². The van der Waals surface area contributed by atoms with Crippen LogP contribution < -0.4 is 4.74 Å². The fourth-order valence-corrected chi connectivity index (χ4v) is 3.51. The minimum absolute atomic E-state index is 0.149.